The molecule has 1 aromatic heterocycles. The molecule has 0 bridgehead atoms. The van der Waals surface area contributed by atoms with Crippen molar-refractivity contribution in [3.63, 3.8) is 0 Å². The first-order valence-electron chi connectivity index (χ1n) is 9.63. The third-order valence-corrected chi connectivity index (χ3v) is 7.15. The van der Waals surface area contributed by atoms with E-state index in [0.717, 1.165) is 5.56 Å². The van der Waals surface area contributed by atoms with Crippen molar-refractivity contribution in [2.45, 2.75) is 23.7 Å². The molecule has 3 aromatic rings. The zero-order valence-corrected chi connectivity index (χ0v) is 17.6. The second-order valence-electron chi connectivity index (χ2n) is 7.05. The van der Waals surface area contributed by atoms with Gasteiger partial charge in [0.2, 0.25) is 21.7 Å². The van der Waals surface area contributed by atoms with Gasteiger partial charge in [-0.05, 0) is 37.1 Å². The fourth-order valence-electron chi connectivity index (χ4n) is 3.54. The molecular weight excluding hydrogens is 406 g/mol. The SMILES string of the molecule is COc1cc(OC)cc(-c2noc(C3CCN(S(=O)(=O)c4ccccc4)CC3)n2)c1. The van der Waals surface area contributed by atoms with Crippen molar-refractivity contribution in [3.8, 4) is 22.9 Å². The van der Waals surface area contributed by atoms with Gasteiger partial charge in [-0.3, -0.25) is 0 Å². The fourth-order valence-corrected chi connectivity index (χ4v) is 5.03. The Hall–Kier alpha value is -2.91. The zero-order chi connectivity index (χ0) is 21.1. The molecule has 0 saturated carbocycles. The maximum atomic E-state index is 12.8. The van der Waals surface area contributed by atoms with Crippen molar-refractivity contribution in [3.05, 3.63) is 54.4 Å². The van der Waals surface area contributed by atoms with Gasteiger partial charge in [-0.15, -0.1) is 0 Å². The Balaban J connectivity index is 1.47. The highest BCUT2D eigenvalue weighted by Crippen LogP contribution is 2.32. The van der Waals surface area contributed by atoms with E-state index in [2.05, 4.69) is 10.1 Å². The molecule has 1 aliphatic heterocycles. The second kappa shape index (κ2) is 8.45. The number of methoxy groups -OCH3 is 2. The van der Waals surface area contributed by atoms with Crippen LogP contribution in [0.25, 0.3) is 11.4 Å². The molecule has 1 fully saturated rings. The molecule has 8 nitrogen and oxygen atoms in total. The van der Waals surface area contributed by atoms with Gasteiger partial charge in [-0.2, -0.15) is 9.29 Å². The number of aromatic nitrogens is 2. The van der Waals surface area contributed by atoms with E-state index in [4.69, 9.17) is 14.0 Å². The van der Waals surface area contributed by atoms with Crippen molar-refractivity contribution in [2.75, 3.05) is 27.3 Å². The largest absolute Gasteiger partial charge is 0.497 e. The summed E-state index contributed by atoms with van der Waals surface area (Å²) in [5.74, 6) is 2.25. The summed E-state index contributed by atoms with van der Waals surface area (Å²) in [6.45, 7) is 0.819. The quantitative estimate of drug-likeness (QED) is 0.593. The fraction of sp³-hybridized carbons (Fsp3) is 0.333. The molecule has 2 aromatic carbocycles. The summed E-state index contributed by atoms with van der Waals surface area (Å²) in [7, 11) is -0.320. The first-order valence-corrected chi connectivity index (χ1v) is 11.1. The van der Waals surface area contributed by atoms with Crippen LogP contribution in [0.3, 0.4) is 0 Å². The van der Waals surface area contributed by atoms with Crippen LogP contribution in [-0.2, 0) is 10.0 Å². The molecule has 0 radical (unpaired) electrons. The minimum atomic E-state index is -3.48. The van der Waals surface area contributed by atoms with Crippen molar-refractivity contribution in [1.82, 2.24) is 14.4 Å². The lowest BCUT2D eigenvalue weighted by atomic mass is 9.98. The molecule has 0 aliphatic carbocycles. The third kappa shape index (κ3) is 4.03. The third-order valence-electron chi connectivity index (χ3n) is 5.24. The normalized spacial score (nSPS) is 15.8. The zero-order valence-electron chi connectivity index (χ0n) is 16.8. The molecule has 1 aliphatic rings. The maximum Gasteiger partial charge on any atom is 0.243 e. The molecule has 30 heavy (non-hydrogen) atoms. The summed E-state index contributed by atoms with van der Waals surface area (Å²) in [6.07, 6.45) is 1.24. The number of ether oxygens (including phenoxy) is 2. The van der Waals surface area contributed by atoms with Crippen LogP contribution in [0.2, 0.25) is 0 Å². The second-order valence-corrected chi connectivity index (χ2v) is 8.99. The van der Waals surface area contributed by atoms with E-state index in [0.29, 0.717) is 54.0 Å². The lowest BCUT2D eigenvalue weighted by Gasteiger charge is -2.29. The van der Waals surface area contributed by atoms with Gasteiger partial charge >= 0.3 is 0 Å². The minimum absolute atomic E-state index is 0.0148. The highest BCUT2D eigenvalue weighted by Gasteiger charge is 2.32. The molecular formula is C21H23N3O5S. The highest BCUT2D eigenvalue weighted by atomic mass is 32.2. The predicted molar refractivity (Wildman–Crippen MR) is 110 cm³/mol. The molecule has 0 amide bonds. The van der Waals surface area contributed by atoms with E-state index in [-0.39, 0.29) is 5.92 Å². The summed E-state index contributed by atoms with van der Waals surface area (Å²) in [5.41, 5.74) is 0.727. The number of hydrogen-bond acceptors (Lipinski definition) is 7. The van der Waals surface area contributed by atoms with Gasteiger partial charge in [0.1, 0.15) is 11.5 Å². The summed E-state index contributed by atoms with van der Waals surface area (Å²) >= 11 is 0. The van der Waals surface area contributed by atoms with Crippen LogP contribution in [0.4, 0.5) is 0 Å². The maximum absolute atomic E-state index is 12.8. The first kappa shape index (κ1) is 20.4. The molecule has 0 N–H and O–H groups in total. The predicted octanol–water partition coefficient (Wildman–Crippen LogP) is 3.32. The summed E-state index contributed by atoms with van der Waals surface area (Å²) in [6, 6.07) is 13.9. The van der Waals surface area contributed by atoms with Gasteiger partial charge in [0.25, 0.3) is 0 Å². The van der Waals surface area contributed by atoms with Crippen molar-refractivity contribution in [2.24, 2.45) is 0 Å². The van der Waals surface area contributed by atoms with Crippen molar-refractivity contribution < 1.29 is 22.4 Å². The van der Waals surface area contributed by atoms with Crippen LogP contribution in [0.15, 0.2) is 57.9 Å². The van der Waals surface area contributed by atoms with Crippen LogP contribution >= 0.6 is 0 Å². The molecule has 158 valence electrons. The Morgan fingerprint density at radius 2 is 1.63 bits per heavy atom. The average molecular weight is 429 g/mol. The Morgan fingerprint density at radius 3 is 2.23 bits per heavy atom. The number of hydrogen-bond donors (Lipinski definition) is 0. The van der Waals surface area contributed by atoms with Crippen LogP contribution in [0, 0.1) is 0 Å². The molecule has 0 atom stereocenters. The summed E-state index contributed by atoms with van der Waals surface area (Å²) in [5, 5.41) is 4.10. The standard InChI is InChI=1S/C21H23N3O5S/c1-27-17-12-16(13-18(14-17)28-2)20-22-21(29-23-20)15-8-10-24(11-9-15)30(25,26)19-6-4-3-5-7-19/h3-7,12-15H,8-11H2,1-2H3. The Labute approximate surface area is 175 Å². The van der Waals surface area contributed by atoms with Gasteiger partial charge in [-0.1, -0.05) is 23.4 Å². The minimum Gasteiger partial charge on any atom is -0.497 e. The van der Waals surface area contributed by atoms with Crippen LogP contribution in [0.5, 0.6) is 11.5 Å². The molecule has 0 spiro atoms. The summed E-state index contributed by atoms with van der Waals surface area (Å²) < 4.78 is 43.2. The van der Waals surface area contributed by atoms with Crippen LogP contribution in [0.1, 0.15) is 24.7 Å². The monoisotopic (exact) mass is 429 g/mol. The van der Waals surface area contributed by atoms with Gasteiger partial charge in [0.05, 0.1) is 19.1 Å². The average Bonchev–Trinajstić information content (AvgIpc) is 3.30. The number of piperidine rings is 1. The van der Waals surface area contributed by atoms with E-state index in [1.165, 1.54) is 4.31 Å². The first-order chi connectivity index (χ1) is 14.5. The highest BCUT2D eigenvalue weighted by molar-refractivity contribution is 7.89. The number of nitrogens with zero attached hydrogens (tertiary/aromatic N) is 3. The Kier molecular flexibility index (Phi) is 5.74. The summed E-state index contributed by atoms with van der Waals surface area (Å²) in [4.78, 5) is 4.86. The Bertz CT molecular complexity index is 1080. The van der Waals surface area contributed by atoms with Crippen LogP contribution in [-0.4, -0.2) is 50.2 Å². The van der Waals surface area contributed by atoms with Gasteiger partial charge in [-0.25, -0.2) is 8.42 Å². The van der Waals surface area contributed by atoms with E-state index >= 15 is 0 Å². The van der Waals surface area contributed by atoms with Crippen molar-refractivity contribution in [1.29, 1.82) is 0 Å². The molecule has 2 heterocycles. The van der Waals surface area contributed by atoms with E-state index in [1.807, 2.05) is 12.1 Å². The lowest BCUT2D eigenvalue weighted by Crippen LogP contribution is -2.37. The van der Waals surface area contributed by atoms with Crippen molar-refractivity contribution >= 4 is 10.0 Å². The topological polar surface area (TPSA) is 94.8 Å². The molecule has 4 rings (SSSR count). The number of benzene rings is 2. The number of rotatable bonds is 6. The Morgan fingerprint density at radius 1 is 1.00 bits per heavy atom. The molecule has 1 saturated heterocycles. The van der Waals surface area contributed by atoms with E-state index < -0.39 is 10.0 Å². The smallest absolute Gasteiger partial charge is 0.243 e. The van der Waals surface area contributed by atoms with Gasteiger partial charge in [0, 0.05) is 30.6 Å². The van der Waals surface area contributed by atoms with E-state index in [1.54, 1.807) is 50.6 Å². The lowest BCUT2D eigenvalue weighted by molar-refractivity contribution is 0.271. The number of sulfonamides is 1. The van der Waals surface area contributed by atoms with E-state index in [9.17, 15) is 8.42 Å². The van der Waals surface area contributed by atoms with Gasteiger partial charge < -0.3 is 14.0 Å². The molecule has 0 unspecified atom stereocenters. The van der Waals surface area contributed by atoms with Crippen LogP contribution < -0.4 is 9.47 Å². The molecule has 9 heteroatoms. The van der Waals surface area contributed by atoms with Gasteiger partial charge in [0.15, 0.2) is 0 Å².